The number of nitrogens with zero attached hydrogens (tertiary/aromatic N) is 3. The van der Waals surface area contributed by atoms with Gasteiger partial charge in [-0.1, -0.05) is 34.8 Å². The third kappa shape index (κ3) is 3.53. The minimum Gasteiger partial charge on any atom is -0.337 e. The molecule has 1 N–H and O–H groups in total. The summed E-state index contributed by atoms with van der Waals surface area (Å²) in [6.07, 6.45) is -1.50. The predicted molar refractivity (Wildman–Crippen MR) is 103 cm³/mol. The van der Waals surface area contributed by atoms with Crippen molar-refractivity contribution in [3.05, 3.63) is 63.4 Å². The van der Waals surface area contributed by atoms with Crippen molar-refractivity contribution < 1.29 is 13.2 Å². The number of imidazole rings is 1. The van der Waals surface area contributed by atoms with Gasteiger partial charge in [-0.05, 0) is 30.3 Å². The highest BCUT2D eigenvalue weighted by atomic mass is 35.5. The number of aromatic nitrogens is 4. The van der Waals surface area contributed by atoms with E-state index in [1.807, 2.05) is 0 Å². The van der Waals surface area contributed by atoms with E-state index >= 15 is 0 Å². The maximum Gasteiger partial charge on any atom is 0.416 e. The average Bonchev–Trinajstić information content (AvgIpc) is 3.06. The second-order valence-electron chi connectivity index (χ2n) is 5.85. The van der Waals surface area contributed by atoms with Crippen LogP contribution in [0.25, 0.3) is 33.8 Å². The Bertz CT molecular complexity index is 1190. The molecule has 1 aromatic carbocycles. The van der Waals surface area contributed by atoms with Crippen LogP contribution >= 0.6 is 34.8 Å². The molecule has 0 spiro atoms. The van der Waals surface area contributed by atoms with Crippen LogP contribution in [0.15, 0.2) is 42.7 Å². The van der Waals surface area contributed by atoms with Crippen LogP contribution in [0.2, 0.25) is 15.1 Å². The van der Waals surface area contributed by atoms with Crippen LogP contribution in [0.3, 0.4) is 0 Å². The first-order chi connectivity index (χ1) is 13.2. The van der Waals surface area contributed by atoms with Gasteiger partial charge in [0.1, 0.15) is 11.2 Å². The molecule has 0 unspecified atom stereocenters. The fraction of sp³-hybridized carbons (Fsp3) is 0.0556. The fourth-order valence-electron chi connectivity index (χ4n) is 2.66. The van der Waals surface area contributed by atoms with Gasteiger partial charge < -0.3 is 4.98 Å². The van der Waals surface area contributed by atoms with Crippen molar-refractivity contribution in [1.29, 1.82) is 0 Å². The van der Waals surface area contributed by atoms with Gasteiger partial charge >= 0.3 is 6.18 Å². The number of alkyl halides is 3. The highest BCUT2D eigenvalue weighted by Crippen LogP contribution is 2.35. The monoisotopic (exact) mass is 442 g/mol. The van der Waals surface area contributed by atoms with E-state index in [0.717, 1.165) is 12.1 Å². The molecule has 3 aromatic heterocycles. The standard InChI is InChI=1S/C18H8Cl3F3N4/c19-10-5-12(21)15(26-7-10)8-1-2-13(25-6-8)17-27-14-4-9(18(22,23)24)3-11(20)16(14)28-17/h1-7H,(H,27,28). The average molecular weight is 444 g/mol. The number of hydrogen-bond acceptors (Lipinski definition) is 3. The molecule has 0 aliphatic rings. The molecule has 3 heterocycles. The third-order valence-corrected chi connectivity index (χ3v) is 4.74. The summed E-state index contributed by atoms with van der Waals surface area (Å²) in [6, 6.07) is 6.75. The summed E-state index contributed by atoms with van der Waals surface area (Å²) >= 11 is 18.0. The van der Waals surface area contributed by atoms with E-state index in [1.165, 1.54) is 12.4 Å². The minimum atomic E-state index is -4.51. The van der Waals surface area contributed by atoms with Crippen molar-refractivity contribution in [2.45, 2.75) is 6.18 Å². The van der Waals surface area contributed by atoms with Crippen LogP contribution in [-0.2, 0) is 6.18 Å². The van der Waals surface area contributed by atoms with E-state index in [2.05, 4.69) is 19.9 Å². The maximum atomic E-state index is 13.0. The van der Waals surface area contributed by atoms with Gasteiger partial charge in [0, 0.05) is 18.0 Å². The second-order valence-corrected chi connectivity index (χ2v) is 7.10. The Morgan fingerprint density at radius 2 is 1.68 bits per heavy atom. The first kappa shape index (κ1) is 19.0. The van der Waals surface area contributed by atoms with E-state index in [4.69, 9.17) is 34.8 Å². The molecule has 0 saturated heterocycles. The minimum absolute atomic E-state index is 0.0962. The quantitative estimate of drug-likeness (QED) is 0.376. The summed E-state index contributed by atoms with van der Waals surface area (Å²) in [4.78, 5) is 15.6. The molecule has 4 nitrogen and oxygen atoms in total. The highest BCUT2D eigenvalue weighted by molar-refractivity contribution is 6.36. The molecular formula is C18H8Cl3F3N4. The lowest BCUT2D eigenvalue weighted by Gasteiger charge is -2.06. The van der Waals surface area contributed by atoms with E-state index in [0.29, 0.717) is 27.0 Å². The Morgan fingerprint density at radius 3 is 2.32 bits per heavy atom. The summed E-state index contributed by atoms with van der Waals surface area (Å²) in [5.41, 5.74) is 1.13. The summed E-state index contributed by atoms with van der Waals surface area (Å²) in [5, 5.41) is 0.689. The zero-order valence-corrected chi connectivity index (χ0v) is 15.9. The number of rotatable bonds is 2. The molecule has 0 atom stereocenters. The van der Waals surface area contributed by atoms with Crippen LogP contribution in [0.5, 0.6) is 0 Å². The number of H-pyrrole nitrogens is 1. The Labute approximate surface area is 171 Å². The molecule has 0 saturated carbocycles. The third-order valence-electron chi connectivity index (χ3n) is 3.95. The molecule has 0 fully saturated rings. The molecule has 0 bridgehead atoms. The molecule has 28 heavy (non-hydrogen) atoms. The van der Waals surface area contributed by atoms with Gasteiger partial charge in [-0.15, -0.1) is 0 Å². The lowest BCUT2D eigenvalue weighted by molar-refractivity contribution is -0.137. The van der Waals surface area contributed by atoms with Crippen LogP contribution in [-0.4, -0.2) is 19.9 Å². The van der Waals surface area contributed by atoms with Crippen LogP contribution in [0.1, 0.15) is 5.56 Å². The number of benzene rings is 1. The summed E-state index contributed by atoms with van der Waals surface area (Å²) in [6.45, 7) is 0. The van der Waals surface area contributed by atoms with Crippen molar-refractivity contribution in [2.24, 2.45) is 0 Å². The van der Waals surface area contributed by atoms with Crippen LogP contribution < -0.4 is 0 Å². The molecule has 0 amide bonds. The zero-order valence-electron chi connectivity index (χ0n) is 13.7. The van der Waals surface area contributed by atoms with Crippen LogP contribution in [0.4, 0.5) is 13.2 Å². The van der Waals surface area contributed by atoms with Gasteiger partial charge in [0.2, 0.25) is 0 Å². The number of aromatic amines is 1. The Hall–Kier alpha value is -2.35. The van der Waals surface area contributed by atoms with Crippen molar-refractivity contribution >= 4 is 45.8 Å². The Balaban J connectivity index is 1.73. The summed E-state index contributed by atoms with van der Waals surface area (Å²) in [7, 11) is 0. The Morgan fingerprint density at radius 1 is 0.893 bits per heavy atom. The molecule has 10 heteroatoms. The molecular weight excluding hydrogens is 436 g/mol. The number of nitrogens with one attached hydrogen (secondary N) is 1. The first-order valence-electron chi connectivity index (χ1n) is 7.76. The predicted octanol–water partition coefficient (Wildman–Crippen LogP) is 6.67. The van der Waals surface area contributed by atoms with Crippen molar-refractivity contribution in [1.82, 2.24) is 19.9 Å². The molecule has 0 radical (unpaired) electrons. The highest BCUT2D eigenvalue weighted by Gasteiger charge is 2.31. The van der Waals surface area contributed by atoms with Gasteiger partial charge in [0.05, 0.1) is 31.8 Å². The first-order valence-corrected chi connectivity index (χ1v) is 8.90. The van der Waals surface area contributed by atoms with Gasteiger partial charge in [0.15, 0.2) is 5.82 Å². The van der Waals surface area contributed by atoms with Crippen molar-refractivity contribution in [2.75, 3.05) is 0 Å². The van der Waals surface area contributed by atoms with E-state index < -0.39 is 11.7 Å². The van der Waals surface area contributed by atoms with Crippen molar-refractivity contribution in [3.63, 3.8) is 0 Å². The molecule has 0 aliphatic carbocycles. The maximum absolute atomic E-state index is 13.0. The van der Waals surface area contributed by atoms with Gasteiger partial charge in [-0.25, -0.2) is 4.98 Å². The van der Waals surface area contributed by atoms with E-state index in [-0.39, 0.29) is 21.9 Å². The van der Waals surface area contributed by atoms with Gasteiger partial charge in [0.25, 0.3) is 0 Å². The summed E-state index contributed by atoms with van der Waals surface area (Å²) in [5.74, 6) is 0.290. The molecule has 142 valence electrons. The lowest BCUT2D eigenvalue weighted by atomic mass is 10.2. The lowest BCUT2D eigenvalue weighted by Crippen LogP contribution is -2.04. The summed E-state index contributed by atoms with van der Waals surface area (Å²) < 4.78 is 38.9. The second kappa shape index (κ2) is 6.92. The Kier molecular flexibility index (Phi) is 4.69. The van der Waals surface area contributed by atoms with Crippen LogP contribution in [0, 0.1) is 0 Å². The number of fused-ring (bicyclic) bond motifs is 1. The van der Waals surface area contributed by atoms with E-state index in [1.54, 1.807) is 18.2 Å². The molecule has 4 rings (SSSR count). The smallest absolute Gasteiger partial charge is 0.337 e. The largest absolute Gasteiger partial charge is 0.416 e. The fourth-order valence-corrected chi connectivity index (χ4v) is 3.41. The van der Waals surface area contributed by atoms with Crippen molar-refractivity contribution in [3.8, 4) is 22.8 Å². The normalized spacial score (nSPS) is 11.9. The number of hydrogen-bond donors (Lipinski definition) is 1. The SMILES string of the molecule is FC(F)(F)c1cc(Cl)c2nc(-c3ccc(-c4ncc(Cl)cc4Cl)cn3)[nH]c2c1. The topological polar surface area (TPSA) is 54.5 Å². The number of halogens is 6. The van der Waals surface area contributed by atoms with E-state index in [9.17, 15) is 13.2 Å². The molecule has 0 aliphatic heterocycles. The van der Waals surface area contributed by atoms with Gasteiger partial charge in [-0.2, -0.15) is 13.2 Å². The molecule has 4 aromatic rings. The van der Waals surface area contributed by atoms with Gasteiger partial charge in [-0.3, -0.25) is 9.97 Å². The number of pyridine rings is 2. The zero-order chi connectivity index (χ0) is 20.1.